The first-order chi connectivity index (χ1) is 9.56. The molecule has 0 heterocycles. The molecule has 0 aliphatic heterocycles. The number of rotatable bonds is 3. The van der Waals surface area contributed by atoms with Gasteiger partial charge in [-0.05, 0) is 42.7 Å². The van der Waals surface area contributed by atoms with Crippen molar-refractivity contribution in [3.8, 4) is 0 Å². The van der Waals surface area contributed by atoms with E-state index < -0.39 is 0 Å². The molecule has 0 saturated heterocycles. The highest BCUT2D eigenvalue weighted by atomic mass is 35.5. The molecule has 0 aromatic heterocycles. The number of urea groups is 1. The standard InChI is InChI=1S/C16H17ClN2O/c1-11-7-8-12(2)15(9-11)19-16(20)18-10-13-5-3-4-6-14(13)17/h3-9H,10H2,1-2H3,(H2,18,19,20). The lowest BCUT2D eigenvalue weighted by Crippen LogP contribution is -2.28. The zero-order valence-electron chi connectivity index (χ0n) is 11.5. The van der Waals surface area contributed by atoms with Crippen LogP contribution in [0.4, 0.5) is 10.5 Å². The Kier molecular flexibility index (Phi) is 4.64. The summed E-state index contributed by atoms with van der Waals surface area (Å²) in [5.41, 5.74) is 3.85. The molecule has 2 rings (SSSR count). The van der Waals surface area contributed by atoms with Gasteiger partial charge in [-0.3, -0.25) is 0 Å². The molecule has 0 aliphatic carbocycles. The minimum Gasteiger partial charge on any atom is -0.334 e. The molecule has 3 nitrogen and oxygen atoms in total. The number of anilines is 1. The summed E-state index contributed by atoms with van der Waals surface area (Å²) in [5.74, 6) is 0. The normalized spacial score (nSPS) is 10.2. The van der Waals surface area contributed by atoms with Crippen LogP contribution in [0.3, 0.4) is 0 Å². The first-order valence-electron chi connectivity index (χ1n) is 6.42. The monoisotopic (exact) mass is 288 g/mol. The van der Waals surface area contributed by atoms with E-state index in [-0.39, 0.29) is 6.03 Å². The van der Waals surface area contributed by atoms with Crippen LogP contribution in [0.5, 0.6) is 0 Å². The summed E-state index contributed by atoms with van der Waals surface area (Å²) in [6, 6.07) is 13.2. The van der Waals surface area contributed by atoms with Gasteiger partial charge in [0.05, 0.1) is 0 Å². The zero-order valence-corrected chi connectivity index (χ0v) is 12.3. The Morgan fingerprint density at radius 3 is 2.65 bits per heavy atom. The number of amides is 2. The number of halogens is 1. The summed E-state index contributed by atoms with van der Waals surface area (Å²) in [7, 11) is 0. The van der Waals surface area contributed by atoms with E-state index in [0.29, 0.717) is 11.6 Å². The van der Waals surface area contributed by atoms with E-state index in [4.69, 9.17) is 11.6 Å². The third-order valence-electron chi connectivity index (χ3n) is 3.04. The Morgan fingerprint density at radius 2 is 1.90 bits per heavy atom. The second-order valence-electron chi connectivity index (χ2n) is 4.72. The van der Waals surface area contributed by atoms with Crippen LogP contribution in [0.1, 0.15) is 16.7 Å². The highest BCUT2D eigenvalue weighted by molar-refractivity contribution is 6.31. The van der Waals surface area contributed by atoms with Gasteiger partial charge in [0.1, 0.15) is 0 Å². The van der Waals surface area contributed by atoms with Gasteiger partial charge < -0.3 is 10.6 Å². The molecule has 2 amide bonds. The van der Waals surface area contributed by atoms with Gasteiger partial charge in [0.25, 0.3) is 0 Å². The van der Waals surface area contributed by atoms with Crippen LogP contribution >= 0.6 is 11.6 Å². The second kappa shape index (κ2) is 6.44. The molecule has 104 valence electrons. The van der Waals surface area contributed by atoms with E-state index in [9.17, 15) is 4.79 Å². The predicted molar refractivity (Wildman–Crippen MR) is 83.2 cm³/mol. The van der Waals surface area contributed by atoms with E-state index in [2.05, 4.69) is 10.6 Å². The van der Waals surface area contributed by atoms with Gasteiger partial charge >= 0.3 is 6.03 Å². The van der Waals surface area contributed by atoms with E-state index in [1.54, 1.807) is 6.07 Å². The van der Waals surface area contributed by atoms with Crippen molar-refractivity contribution in [2.75, 3.05) is 5.32 Å². The van der Waals surface area contributed by atoms with Gasteiger partial charge in [-0.2, -0.15) is 0 Å². The third-order valence-corrected chi connectivity index (χ3v) is 3.41. The van der Waals surface area contributed by atoms with Crippen LogP contribution in [0.15, 0.2) is 42.5 Å². The number of aryl methyl sites for hydroxylation is 2. The topological polar surface area (TPSA) is 41.1 Å². The second-order valence-corrected chi connectivity index (χ2v) is 5.12. The maximum Gasteiger partial charge on any atom is 0.319 e. The minimum absolute atomic E-state index is 0.237. The Morgan fingerprint density at radius 1 is 1.15 bits per heavy atom. The summed E-state index contributed by atoms with van der Waals surface area (Å²) < 4.78 is 0. The number of carbonyl (C=O) groups excluding carboxylic acids is 1. The number of hydrogen-bond donors (Lipinski definition) is 2. The molecule has 2 aromatic carbocycles. The van der Waals surface area contributed by atoms with Crippen molar-refractivity contribution in [2.24, 2.45) is 0 Å². The Balaban J connectivity index is 1.96. The van der Waals surface area contributed by atoms with Crippen LogP contribution in [0.25, 0.3) is 0 Å². The smallest absolute Gasteiger partial charge is 0.319 e. The van der Waals surface area contributed by atoms with Crippen LogP contribution in [0.2, 0.25) is 5.02 Å². The molecule has 2 aromatic rings. The number of carbonyl (C=O) groups is 1. The molecule has 0 fully saturated rings. The molecule has 0 radical (unpaired) electrons. The lowest BCUT2D eigenvalue weighted by atomic mass is 10.1. The van der Waals surface area contributed by atoms with E-state index in [1.165, 1.54) is 0 Å². The van der Waals surface area contributed by atoms with Gasteiger partial charge in [-0.15, -0.1) is 0 Å². The Hall–Kier alpha value is -2.00. The molecular weight excluding hydrogens is 272 g/mol. The third kappa shape index (κ3) is 3.75. The summed E-state index contributed by atoms with van der Waals surface area (Å²) in [4.78, 5) is 11.9. The summed E-state index contributed by atoms with van der Waals surface area (Å²) >= 11 is 6.04. The maximum absolute atomic E-state index is 11.9. The molecule has 0 bridgehead atoms. The predicted octanol–water partition coefficient (Wildman–Crippen LogP) is 4.28. The van der Waals surface area contributed by atoms with Gasteiger partial charge in [-0.1, -0.05) is 41.9 Å². The van der Waals surface area contributed by atoms with Crippen LogP contribution in [-0.4, -0.2) is 6.03 Å². The highest BCUT2D eigenvalue weighted by Crippen LogP contribution is 2.17. The van der Waals surface area contributed by atoms with Gasteiger partial charge in [-0.25, -0.2) is 4.79 Å². The van der Waals surface area contributed by atoms with E-state index >= 15 is 0 Å². The van der Waals surface area contributed by atoms with Crippen LogP contribution in [0, 0.1) is 13.8 Å². The molecule has 0 atom stereocenters. The maximum atomic E-state index is 11.9. The quantitative estimate of drug-likeness (QED) is 0.869. The van der Waals surface area contributed by atoms with Crippen molar-refractivity contribution in [1.29, 1.82) is 0 Å². The summed E-state index contributed by atoms with van der Waals surface area (Å²) in [5, 5.41) is 6.30. The summed E-state index contributed by atoms with van der Waals surface area (Å²) in [6.07, 6.45) is 0. The fourth-order valence-electron chi connectivity index (χ4n) is 1.85. The SMILES string of the molecule is Cc1ccc(C)c(NC(=O)NCc2ccccc2Cl)c1. The van der Waals surface area contributed by atoms with Crippen molar-refractivity contribution < 1.29 is 4.79 Å². The molecule has 20 heavy (non-hydrogen) atoms. The van der Waals surface area contributed by atoms with Gasteiger partial charge in [0.15, 0.2) is 0 Å². The van der Waals surface area contributed by atoms with E-state index in [1.807, 2.05) is 50.2 Å². The Bertz CT molecular complexity index is 626. The Labute approximate surface area is 124 Å². The first kappa shape index (κ1) is 14.4. The van der Waals surface area contributed by atoms with Gasteiger partial charge in [0, 0.05) is 17.3 Å². The number of nitrogens with one attached hydrogen (secondary N) is 2. The van der Waals surface area contributed by atoms with Crippen molar-refractivity contribution >= 4 is 23.3 Å². The van der Waals surface area contributed by atoms with E-state index in [0.717, 1.165) is 22.4 Å². The zero-order chi connectivity index (χ0) is 14.5. The number of benzene rings is 2. The van der Waals surface area contributed by atoms with Gasteiger partial charge in [0.2, 0.25) is 0 Å². The van der Waals surface area contributed by atoms with Crippen LogP contribution in [-0.2, 0) is 6.54 Å². The molecule has 0 saturated carbocycles. The average molecular weight is 289 g/mol. The lowest BCUT2D eigenvalue weighted by molar-refractivity contribution is 0.251. The van der Waals surface area contributed by atoms with Crippen molar-refractivity contribution in [3.05, 3.63) is 64.2 Å². The fraction of sp³-hybridized carbons (Fsp3) is 0.188. The van der Waals surface area contributed by atoms with Crippen molar-refractivity contribution in [1.82, 2.24) is 5.32 Å². The minimum atomic E-state index is -0.237. The molecule has 4 heteroatoms. The molecule has 0 aliphatic rings. The average Bonchev–Trinajstić information content (AvgIpc) is 2.42. The van der Waals surface area contributed by atoms with Crippen molar-refractivity contribution in [2.45, 2.75) is 20.4 Å². The first-order valence-corrected chi connectivity index (χ1v) is 6.79. The van der Waals surface area contributed by atoms with Crippen LogP contribution < -0.4 is 10.6 Å². The summed E-state index contributed by atoms with van der Waals surface area (Å²) in [6.45, 7) is 4.35. The van der Waals surface area contributed by atoms with Crippen molar-refractivity contribution in [3.63, 3.8) is 0 Å². The highest BCUT2D eigenvalue weighted by Gasteiger charge is 2.05. The lowest BCUT2D eigenvalue weighted by Gasteiger charge is -2.11. The fourth-order valence-corrected chi connectivity index (χ4v) is 2.06. The largest absolute Gasteiger partial charge is 0.334 e. The number of hydrogen-bond acceptors (Lipinski definition) is 1. The molecule has 2 N–H and O–H groups in total. The molecule has 0 spiro atoms. The molecule has 0 unspecified atom stereocenters. The molecular formula is C16H17ClN2O.